The van der Waals surface area contributed by atoms with Crippen LogP contribution in [0.1, 0.15) is 0 Å². The molecule has 0 unspecified atom stereocenters. The fourth-order valence-electron chi connectivity index (χ4n) is 0. The van der Waals surface area contributed by atoms with E-state index < -0.39 is 0 Å². The molecule has 0 atom stereocenters. The zero-order valence-corrected chi connectivity index (χ0v) is 3.63. The minimum Gasteiger partial charge on any atom is -0.696 e. The summed E-state index contributed by atoms with van der Waals surface area (Å²) in [5, 5.41) is 8.47. The van der Waals surface area contributed by atoms with Crippen LogP contribution in [0.3, 0.4) is 0 Å². The van der Waals surface area contributed by atoms with Crippen LogP contribution in [0.25, 0.3) is 0 Å². The molecule has 0 aromatic carbocycles. The van der Waals surface area contributed by atoms with Gasteiger partial charge in [0.1, 0.15) is 0 Å². The Kier molecular flexibility index (Phi) is 23.6. The summed E-state index contributed by atoms with van der Waals surface area (Å²) in [7, 11) is 0. The van der Waals surface area contributed by atoms with E-state index in [4.69, 9.17) is 5.26 Å². The van der Waals surface area contributed by atoms with Gasteiger partial charge in [0.2, 0.25) is 0 Å². The van der Waals surface area contributed by atoms with Gasteiger partial charge in [-0.2, -0.15) is 0 Å². The summed E-state index contributed by atoms with van der Waals surface area (Å²) in [6.07, 6.45) is 0. The number of nitrogens with zero attached hydrogens (tertiary/aromatic N) is 1. The maximum Gasteiger partial charge on any atom is 0 e. The molecule has 0 aromatic rings. The second-order valence-electron chi connectivity index (χ2n) is 0.0913. The molecule has 1 nitrogen and oxygen atoms in total. The zero-order chi connectivity index (χ0) is 2.71. The van der Waals surface area contributed by atoms with E-state index in [1.807, 2.05) is 0 Å². The number of rotatable bonds is 0. The molecule has 0 aliphatic carbocycles. The quantitative estimate of drug-likeness (QED) is 0.251. The van der Waals surface area contributed by atoms with Crippen molar-refractivity contribution >= 4 is 12.6 Å². The van der Waals surface area contributed by atoms with Crippen molar-refractivity contribution in [3.63, 3.8) is 0 Å². The number of nitriles is 1. The van der Waals surface area contributed by atoms with Gasteiger partial charge in [0.25, 0.3) is 0 Å². The monoisotopic (exact) mass is 114 g/mol. The van der Waals surface area contributed by atoms with E-state index in [-0.39, 0.29) is 17.1 Å². The van der Waals surface area contributed by atoms with Crippen LogP contribution in [0.4, 0.5) is 0 Å². The molecule has 0 amide bonds. The van der Waals surface area contributed by atoms with E-state index in [2.05, 4.69) is 12.6 Å². The fourth-order valence-corrected chi connectivity index (χ4v) is 0. The molecule has 0 aliphatic heterocycles. The Morgan fingerprint density at radius 2 is 1.75 bits per heavy atom. The molecule has 24 valence electrons. The van der Waals surface area contributed by atoms with Crippen LogP contribution in [-0.2, 0) is 29.7 Å². The van der Waals surface area contributed by atoms with Crippen molar-refractivity contribution in [2.45, 2.75) is 0 Å². The first-order valence-electron chi connectivity index (χ1n) is 0.428. The van der Waals surface area contributed by atoms with E-state index in [0.29, 0.717) is 0 Å². The van der Waals surface area contributed by atoms with Crippen molar-refractivity contribution in [1.29, 1.82) is 5.26 Å². The second-order valence-corrected chi connectivity index (χ2v) is 0.274. The van der Waals surface area contributed by atoms with Crippen molar-refractivity contribution < 1.29 is 17.1 Å². The Balaban J connectivity index is 0. The Labute approximate surface area is 40.9 Å². The van der Waals surface area contributed by atoms with Crippen LogP contribution < -0.4 is 0 Å². The summed E-state index contributed by atoms with van der Waals surface area (Å²) in [6, 6.07) is 0. The van der Waals surface area contributed by atoms with Gasteiger partial charge >= 0.3 is 0 Å². The van der Waals surface area contributed by atoms with Gasteiger partial charge in [-0.1, -0.05) is 5.40 Å². The van der Waals surface area contributed by atoms with Gasteiger partial charge in [-0.05, 0) is 0 Å². The molecule has 0 radical (unpaired) electrons. The summed E-state index contributed by atoms with van der Waals surface area (Å²) in [5.41, 5.74) is 0. The van der Waals surface area contributed by atoms with Crippen LogP contribution in [-0.4, -0.2) is 0 Å². The first-order valence-corrected chi connectivity index (χ1v) is 0.836. The number of thiocyanates is 1. The SMILES string of the molecule is N#C[S-].[Fe]. The molecule has 4 heavy (non-hydrogen) atoms. The van der Waals surface area contributed by atoms with E-state index in [9.17, 15) is 0 Å². The van der Waals surface area contributed by atoms with Gasteiger partial charge in [0.05, 0.1) is 0 Å². The first-order chi connectivity index (χ1) is 1.41. The average molecular weight is 114 g/mol. The third-order valence-electron chi connectivity index (χ3n) is 0. The van der Waals surface area contributed by atoms with Crippen molar-refractivity contribution in [2.24, 2.45) is 0 Å². The van der Waals surface area contributed by atoms with E-state index in [1.165, 1.54) is 5.40 Å². The van der Waals surface area contributed by atoms with Crippen LogP contribution in [0, 0.1) is 10.7 Å². The predicted molar refractivity (Wildman–Crippen MR) is 13.0 cm³/mol. The maximum absolute atomic E-state index is 7.13. The topological polar surface area (TPSA) is 23.8 Å². The summed E-state index contributed by atoms with van der Waals surface area (Å²) in [6.45, 7) is 0. The molecule has 0 heterocycles. The number of hydrogen-bond acceptors (Lipinski definition) is 2. The van der Waals surface area contributed by atoms with Crippen LogP contribution in [0.5, 0.6) is 0 Å². The molecule has 3 heteroatoms. The van der Waals surface area contributed by atoms with Crippen molar-refractivity contribution in [2.75, 3.05) is 0 Å². The molecule has 0 rings (SSSR count). The Bertz CT molecular complexity index is 29.5. The molecule has 0 aliphatic rings. The van der Waals surface area contributed by atoms with E-state index in [1.54, 1.807) is 0 Å². The van der Waals surface area contributed by atoms with Gasteiger partial charge < -0.3 is 12.6 Å². The van der Waals surface area contributed by atoms with Crippen LogP contribution in [0.2, 0.25) is 0 Å². The van der Waals surface area contributed by atoms with Crippen LogP contribution in [0.15, 0.2) is 0 Å². The smallest absolute Gasteiger partial charge is 0 e. The largest absolute Gasteiger partial charge is 0.696 e. The molecular formula is CFeNS-. The molecular weight excluding hydrogens is 114 g/mol. The Morgan fingerprint density at radius 3 is 1.75 bits per heavy atom. The molecule has 0 saturated heterocycles. The van der Waals surface area contributed by atoms with Crippen molar-refractivity contribution in [3.8, 4) is 5.40 Å². The minimum absolute atomic E-state index is 0. The Morgan fingerprint density at radius 1 is 1.75 bits per heavy atom. The number of hydrogen-bond donors (Lipinski definition) is 0. The standard InChI is InChI=1S/CHNS.Fe/c2-1-3;/h3H;/p-1. The molecule has 0 bridgehead atoms. The third kappa shape index (κ3) is 64.0. The van der Waals surface area contributed by atoms with Crippen molar-refractivity contribution in [1.82, 2.24) is 0 Å². The van der Waals surface area contributed by atoms with Crippen LogP contribution >= 0.6 is 0 Å². The first kappa shape index (κ1) is 8.87. The average Bonchev–Trinajstić information content (AvgIpc) is 0.918. The molecule has 0 N–H and O–H groups in total. The molecule has 0 aromatic heterocycles. The molecule has 0 spiro atoms. The summed E-state index contributed by atoms with van der Waals surface area (Å²) >= 11 is 3.70. The normalized spacial score (nSPS) is 1.75. The summed E-state index contributed by atoms with van der Waals surface area (Å²) < 4.78 is 0. The fraction of sp³-hybridized carbons (Fsp3) is 0. The van der Waals surface area contributed by atoms with Gasteiger partial charge in [-0.15, -0.1) is 0 Å². The van der Waals surface area contributed by atoms with E-state index in [0.717, 1.165) is 0 Å². The van der Waals surface area contributed by atoms with E-state index >= 15 is 0 Å². The van der Waals surface area contributed by atoms with Gasteiger partial charge in [0, 0.05) is 17.1 Å². The van der Waals surface area contributed by atoms with Crippen molar-refractivity contribution in [3.05, 3.63) is 0 Å². The van der Waals surface area contributed by atoms with Gasteiger partial charge in [0.15, 0.2) is 0 Å². The van der Waals surface area contributed by atoms with Gasteiger partial charge in [-0.25, -0.2) is 5.26 Å². The molecule has 0 fully saturated rings. The minimum atomic E-state index is 0. The molecule has 0 saturated carbocycles. The maximum atomic E-state index is 7.13. The van der Waals surface area contributed by atoms with Gasteiger partial charge in [-0.3, -0.25) is 0 Å². The predicted octanol–water partition coefficient (Wildman–Crippen LogP) is 0.0119. The summed E-state index contributed by atoms with van der Waals surface area (Å²) in [4.78, 5) is 0. The third-order valence-corrected chi connectivity index (χ3v) is 0. The second kappa shape index (κ2) is 10.6. The summed E-state index contributed by atoms with van der Waals surface area (Å²) in [5.74, 6) is 0. The zero-order valence-electron chi connectivity index (χ0n) is 1.71. The Hall–Kier alpha value is 0.229.